The number of carbonyl (C=O) groups is 2. The molecule has 1 aromatic carbocycles. The molecule has 2 aliphatic rings. The minimum atomic E-state index is -0.838. The largest absolute Gasteiger partial charge is 0.480 e. The number of aryl methyl sites for hydroxylation is 1. The number of nitrogens with zero attached hydrogens (tertiary/aromatic N) is 3. The summed E-state index contributed by atoms with van der Waals surface area (Å²) in [6.07, 6.45) is 2.34. The Balaban J connectivity index is 1.48. The molecule has 12 heteroatoms. The van der Waals surface area contributed by atoms with Crippen molar-refractivity contribution in [2.75, 3.05) is 57.2 Å². The van der Waals surface area contributed by atoms with Crippen LogP contribution in [0.3, 0.4) is 0 Å². The predicted octanol–water partition coefficient (Wildman–Crippen LogP) is 1.54. The third kappa shape index (κ3) is 6.41. The van der Waals surface area contributed by atoms with Gasteiger partial charge in [0.25, 0.3) is 11.8 Å². The average molecular weight is 533 g/mol. The number of rotatable bonds is 10. The Labute approximate surface area is 220 Å². The Morgan fingerprint density at radius 2 is 1.97 bits per heavy atom. The zero-order chi connectivity index (χ0) is 26.5. The van der Waals surface area contributed by atoms with Crippen LogP contribution in [0.5, 0.6) is 5.75 Å². The molecule has 4 rings (SSSR count). The van der Waals surface area contributed by atoms with Crippen LogP contribution in [0.4, 0.5) is 5.82 Å². The molecule has 3 N–H and O–H groups in total. The molecular formula is C25H33ClN6O5. The van der Waals surface area contributed by atoms with Crippen molar-refractivity contribution in [1.82, 2.24) is 19.9 Å². The number of hydrogen-bond donors (Lipinski definition) is 3. The molecule has 0 bridgehead atoms. The normalized spacial score (nSPS) is 16.6. The number of morpholine rings is 1. The number of nitrogens with one attached hydrogen (secondary N) is 3. The fourth-order valence-corrected chi connectivity index (χ4v) is 4.51. The first-order valence-electron chi connectivity index (χ1n) is 12.4. The second-order valence-electron chi connectivity index (χ2n) is 9.25. The first-order chi connectivity index (χ1) is 17.8. The van der Waals surface area contributed by atoms with Gasteiger partial charge >= 0.3 is 5.56 Å². The van der Waals surface area contributed by atoms with Gasteiger partial charge in [0.15, 0.2) is 11.9 Å². The van der Waals surface area contributed by atoms with E-state index in [1.807, 2.05) is 0 Å². The number of amides is 2. The molecule has 1 aromatic heterocycles. The molecule has 2 aromatic rings. The van der Waals surface area contributed by atoms with Crippen LogP contribution >= 0.6 is 11.6 Å². The summed E-state index contributed by atoms with van der Waals surface area (Å²) in [6, 6.07) is 3.22. The van der Waals surface area contributed by atoms with E-state index in [4.69, 9.17) is 21.1 Å². The number of carbonyl (C=O) groups excluding carboxylic acids is 2. The van der Waals surface area contributed by atoms with Crippen LogP contribution in [0.25, 0.3) is 0 Å². The average Bonchev–Trinajstić information content (AvgIpc) is 3.73. The van der Waals surface area contributed by atoms with E-state index < -0.39 is 17.6 Å². The number of anilines is 1. The monoisotopic (exact) mass is 532 g/mol. The molecule has 1 saturated carbocycles. The van der Waals surface area contributed by atoms with E-state index in [0.717, 1.165) is 32.5 Å². The topological polar surface area (TPSA) is 127 Å². The number of hydrogen-bond acceptors (Lipinski definition) is 8. The summed E-state index contributed by atoms with van der Waals surface area (Å²) in [7, 11) is 1.52. The van der Waals surface area contributed by atoms with E-state index in [9.17, 15) is 14.4 Å². The summed E-state index contributed by atoms with van der Waals surface area (Å²) in [5, 5.41) is 5.94. The van der Waals surface area contributed by atoms with Crippen LogP contribution in [0, 0.1) is 19.8 Å². The van der Waals surface area contributed by atoms with Gasteiger partial charge in [-0.15, -0.1) is 0 Å². The van der Waals surface area contributed by atoms with Crippen LogP contribution in [-0.2, 0) is 9.53 Å². The van der Waals surface area contributed by atoms with Gasteiger partial charge in [0.05, 0.1) is 35.7 Å². The Kier molecular flexibility index (Phi) is 8.67. The standard InChI is InChI=1S/C25H33ClN6O5/c1-15-14-29-22(28-8-9-31-10-12-36-13-11-31)25(35)32(15)30-24(34)21(17-4-5-17)37-19-7-6-18(26)20(16(19)2)23(33)27-3/h6-7,14,17,21H,4-5,8-13H2,1-3H3,(H,27,33)(H,28,29)(H,30,34). The third-order valence-electron chi connectivity index (χ3n) is 6.57. The quantitative estimate of drug-likeness (QED) is 0.420. The van der Waals surface area contributed by atoms with Gasteiger partial charge in [-0.1, -0.05) is 11.6 Å². The summed E-state index contributed by atoms with van der Waals surface area (Å²) in [4.78, 5) is 45.2. The number of ether oxygens (including phenoxy) is 2. The lowest BCUT2D eigenvalue weighted by Gasteiger charge is -2.26. The summed E-state index contributed by atoms with van der Waals surface area (Å²) < 4.78 is 12.7. The molecule has 11 nitrogen and oxygen atoms in total. The van der Waals surface area contributed by atoms with Crippen molar-refractivity contribution < 1.29 is 19.1 Å². The highest BCUT2D eigenvalue weighted by molar-refractivity contribution is 6.34. The van der Waals surface area contributed by atoms with Gasteiger partial charge in [0.2, 0.25) is 0 Å². The summed E-state index contributed by atoms with van der Waals surface area (Å²) in [6.45, 7) is 7.81. The van der Waals surface area contributed by atoms with Crippen LogP contribution in [0.15, 0.2) is 23.1 Å². The number of halogens is 1. The van der Waals surface area contributed by atoms with Crippen molar-refractivity contribution in [2.45, 2.75) is 32.8 Å². The van der Waals surface area contributed by atoms with Crippen LogP contribution in [-0.4, -0.2) is 78.9 Å². The molecule has 1 aliphatic heterocycles. The Morgan fingerprint density at radius 1 is 1.24 bits per heavy atom. The van der Waals surface area contributed by atoms with E-state index >= 15 is 0 Å². The summed E-state index contributed by atoms with van der Waals surface area (Å²) in [5.41, 5.74) is 3.57. The Hall–Kier alpha value is -3.15. The molecule has 0 radical (unpaired) electrons. The van der Waals surface area contributed by atoms with Crippen LogP contribution in [0.2, 0.25) is 5.02 Å². The fourth-order valence-electron chi connectivity index (χ4n) is 4.22. The fraction of sp³-hybridized carbons (Fsp3) is 0.520. The molecule has 200 valence electrons. The van der Waals surface area contributed by atoms with Crippen molar-refractivity contribution >= 4 is 29.2 Å². The summed E-state index contributed by atoms with van der Waals surface area (Å²) >= 11 is 6.23. The maximum absolute atomic E-state index is 13.3. The van der Waals surface area contributed by atoms with Crippen LogP contribution in [0.1, 0.15) is 34.5 Å². The van der Waals surface area contributed by atoms with Crippen LogP contribution < -0.4 is 26.4 Å². The first kappa shape index (κ1) is 26.9. The van der Waals surface area contributed by atoms with E-state index in [-0.39, 0.29) is 17.6 Å². The zero-order valence-electron chi connectivity index (χ0n) is 21.3. The molecule has 1 aliphatic carbocycles. The van der Waals surface area contributed by atoms with Gasteiger partial charge in [-0.2, -0.15) is 0 Å². The van der Waals surface area contributed by atoms with Gasteiger partial charge in [-0.3, -0.25) is 24.7 Å². The Morgan fingerprint density at radius 3 is 2.65 bits per heavy atom. The lowest BCUT2D eigenvalue weighted by Crippen LogP contribution is -2.44. The van der Waals surface area contributed by atoms with Crippen molar-refractivity contribution in [3.05, 3.63) is 50.5 Å². The molecule has 1 unspecified atom stereocenters. The van der Waals surface area contributed by atoms with Gasteiger partial charge in [-0.25, -0.2) is 9.66 Å². The SMILES string of the molecule is CNC(=O)c1c(Cl)ccc(OC(C(=O)Nn2c(C)cnc(NCCN3CCOCC3)c2=O)C2CC2)c1C. The van der Waals surface area contributed by atoms with Gasteiger partial charge in [0, 0.05) is 44.7 Å². The zero-order valence-corrected chi connectivity index (χ0v) is 22.1. The second kappa shape index (κ2) is 11.9. The number of aromatic nitrogens is 2. The minimum absolute atomic E-state index is 0.00231. The van der Waals surface area contributed by atoms with Gasteiger partial charge in [0.1, 0.15) is 5.75 Å². The summed E-state index contributed by atoms with van der Waals surface area (Å²) in [5.74, 6) is -0.240. The smallest absolute Gasteiger partial charge is 0.312 e. The molecule has 1 atom stereocenters. The third-order valence-corrected chi connectivity index (χ3v) is 6.88. The highest BCUT2D eigenvalue weighted by atomic mass is 35.5. The molecule has 1 saturated heterocycles. The van der Waals surface area contributed by atoms with Crippen molar-refractivity contribution in [3.63, 3.8) is 0 Å². The maximum atomic E-state index is 13.3. The molecular weight excluding hydrogens is 500 g/mol. The molecule has 37 heavy (non-hydrogen) atoms. The van der Waals surface area contributed by atoms with Crippen molar-refractivity contribution in [2.24, 2.45) is 5.92 Å². The molecule has 0 spiro atoms. The lowest BCUT2D eigenvalue weighted by atomic mass is 10.1. The number of benzene rings is 1. The molecule has 2 fully saturated rings. The highest BCUT2D eigenvalue weighted by Gasteiger charge is 2.39. The van der Waals surface area contributed by atoms with E-state index in [0.29, 0.717) is 47.4 Å². The maximum Gasteiger partial charge on any atom is 0.312 e. The molecule has 2 heterocycles. The highest BCUT2D eigenvalue weighted by Crippen LogP contribution is 2.37. The Bertz CT molecular complexity index is 1210. The van der Waals surface area contributed by atoms with E-state index in [2.05, 4.69) is 25.9 Å². The van der Waals surface area contributed by atoms with Crippen molar-refractivity contribution in [3.8, 4) is 5.75 Å². The van der Waals surface area contributed by atoms with Crippen molar-refractivity contribution in [1.29, 1.82) is 0 Å². The lowest BCUT2D eigenvalue weighted by molar-refractivity contribution is -0.124. The van der Waals surface area contributed by atoms with Gasteiger partial charge in [-0.05, 0) is 38.8 Å². The second-order valence-corrected chi connectivity index (χ2v) is 9.65. The minimum Gasteiger partial charge on any atom is -0.480 e. The first-order valence-corrected chi connectivity index (χ1v) is 12.8. The predicted molar refractivity (Wildman–Crippen MR) is 140 cm³/mol. The van der Waals surface area contributed by atoms with E-state index in [1.54, 1.807) is 26.0 Å². The molecule has 2 amide bonds. The van der Waals surface area contributed by atoms with E-state index in [1.165, 1.54) is 17.9 Å². The van der Waals surface area contributed by atoms with Gasteiger partial charge < -0.3 is 20.1 Å².